The SMILES string of the molecule is CCOC(=O)C(C)(C(=O)O)C1C=CCCC1. The van der Waals surface area contributed by atoms with Gasteiger partial charge in [0.25, 0.3) is 0 Å². The van der Waals surface area contributed by atoms with Crippen molar-refractivity contribution in [1.29, 1.82) is 0 Å². The number of carboxylic acids is 1. The second-order valence-electron chi connectivity index (χ2n) is 4.19. The molecule has 2 atom stereocenters. The molecule has 0 aliphatic heterocycles. The van der Waals surface area contributed by atoms with Crippen LogP contribution < -0.4 is 0 Å². The van der Waals surface area contributed by atoms with Crippen LogP contribution in [0.4, 0.5) is 0 Å². The summed E-state index contributed by atoms with van der Waals surface area (Å²) in [6, 6.07) is 0. The number of hydrogen-bond donors (Lipinski definition) is 1. The third-order valence-electron chi connectivity index (χ3n) is 3.14. The Morgan fingerprint density at radius 3 is 2.69 bits per heavy atom. The lowest BCUT2D eigenvalue weighted by atomic mass is 9.72. The number of carbonyl (C=O) groups is 2. The molecule has 1 aliphatic rings. The van der Waals surface area contributed by atoms with Crippen molar-refractivity contribution in [2.45, 2.75) is 33.1 Å². The van der Waals surface area contributed by atoms with Gasteiger partial charge in [-0.1, -0.05) is 12.2 Å². The number of aliphatic carboxylic acids is 1. The molecule has 0 heterocycles. The van der Waals surface area contributed by atoms with E-state index in [1.807, 2.05) is 12.2 Å². The molecule has 2 unspecified atom stereocenters. The summed E-state index contributed by atoms with van der Waals surface area (Å²) in [6.07, 6.45) is 6.36. The summed E-state index contributed by atoms with van der Waals surface area (Å²) < 4.78 is 4.87. The molecule has 16 heavy (non-hydrogen) atoms. The quantitative estimate of drug-likeness (QED) is 0.452. The number of ether oxygens (including phenoxy) is 1. The molecule has 0 spiro atoms. The first-order valence-electron chi connectivity index (χ1n) is 5.60. The van der Waals surface area contributed by atoms with E-state index in [1.54, 1.807) is 6.92 Å². The summed E-state index contributed by atoms with van der Waals surface area (Å²) in [4.78, 5) is 23.1. The Bertz CT molecular complexity index is 308. The zero-order valence-electron chi connectivity index (χ0n) is 9.73. The standard InChI is InChI=1S/C12H18O4/c1-3-16-11(15)12(2,10(13)14)9-7-5-4-6-8-9/h5,7,9H,3-4,6,8H2,1-2H3,(H,13,14). The van der Waals surface area contributed by atoms with Crippen LogP contribution in [0.1, 0.15) is 33.1 Å². The van der Waals surface area contributed by atoms with Crippen molar-refractivity contribution in [2.75, 3.05) is 6.61 Å². The number of esters is 1. The van der Waals surface area contributed by atoms with Crippen molar-refractivity contribution in [1.82, 2.24) is 0 Å². The first-order valence-corrected chi connectivity index (χ1v) is 5.60. The Labute approximate surface area is 95.3 Å². The van der Waals surface area contributed by atoms with Crippen molar-refractivity contribution in [3.05, 3.63) is 12.2 Å². The topological polar surface area (TPSA) is 63.6 Å². The molecule has 0 fully saturated rings. The van der Waals surface area contributed by atoms with Crippen LogP contribution in [-0.4, -0.2) is 23.7 Å². The maximum Gasteiger partial charge on any atom is 0.323 e. The van der Waals surface area contributed by atoms with Gasteiger partial charge in [0.15, 0.2) is 5.41 Å². The van der Waals surface area contributed by atoms with Gasteiger partial charge in [-0.3, -0.25) is 9.59 Å². The minimum atomic E-state index is -1.45. The second-order valence-corrected chi connectivity index (χ2v) is 4.19. The van der Waals surface area contributed by atoms with Gasteiger partial charge in [0.2, 0.25) is 0 Å². The van der Waals surface area contributed by atoms with Crippen LogP contribution >= 0.6 is 0 Å². The summed E-state index contributed by atoms with van der Waals surface area (Å²) in [5.41, 5.74) is -1.45. The molecule has 0 saturated heterocycles. The van der Waals surface area contributed by atoms with E-state index in [0.717, 1.165) is 19.3 Å². The van der Waals surface area contributed by atoms with Crippen LogP contribution in [0.3, 0.4) is 0 Å². The number of hydrogen-bond acceptors (Lipinski definition) is 3. The van der Waals surface area contributed by atoms with Gasteiger partial charge in [0.05, 0.1) is 6.61 Å². The molecular weight excluding hydrogens is 208 g/mol. The van der Waals surface area contributed by atoms with Crippen molar-refractivity contribution in [2.24, 2.45) is 11.3 Å². The molecule has 4 nitrogen and oxygen atoms in total. The minimum Gasteiger partial charge on any atom is -0.480 e. The predicted octanol–water partition coefficient (Wildman–Crippen LogP) is 2.00. The Balaban J connectivity index is 2.95. The lowest BCUT2D eigenvalue weighted by molar-refractivity contribution is -0.170. The average Bonchev–Trinajstić information content (AvgIpc) is 2.29. The molecule has 4 heteroatoms. The van der Waals surface area contributed by atoms with Crippen molar-refractivity contribution >= 4 is 11.9 Å². The number of rotatable bonds is 4. The second kappa shape index (κ2) is 5.14. The number of allylic oxidation sites excluding steroid dienone is 2. The molecule has 90 valence electrons. The minimum absolute atomic E-state index is 0.206. The van der Waals surface area contributed by atoms with Crippen LogP contribution in [0.2, 0.25) is 0 Å². The number of carbonyl (C=O) groups excluding carboxylic acids is 1. The molecule has 1 aliphatic carbocycles. The highest BCUT2D eigenvalue weighted by Gasteiger charge is 2.48. The Morgan fingerprint density at radius 1 is 1.56 bits per heavy atom. The summed E-state index contributed by atoms with van der Waals surface area (Å²) in [7, 11) is 0. The molecule has 0 aromatic carbocycles. The highest BCUT2D eigenvalue weighted by atomic mass is 16.5. The van der Waals surface area contributed by atoms with Gasteiger partial charge < -0.3 is 9.84 Å². The first-order chi connectivity index (χ1) is 7.53. The Morgan fingerprint density at radius 2 is 2.25 bits per heavy atom. The molecule has 0 saturated carbocycles. The molecular formula is C12H18O4. The molecule has 0 aromatic heterocycles. The molecule has 0 aromatic rings. The zero-order valence-corrected chi connectivity index (χ0v) is 9.73. The van der Waals surface area contributed by atoms with E-state index >= 15 is 0 Å². The summed E-state index contributed by atoms with van der Waals surface area (Å²) in [5, 5.41) is 9.25. The van der Waals surface area contributed by atoms with Gasteiger partial charge >= 0.3 is 11.9 Å². The van der Waals surface area contributed by atoms with Gasteiger partial charge in [-0.2, -0.15) is 0 Å². The van der Waals surface area contributed by atoms with E-state index < -0.39 is 17.4 Å². The van der Waals surface area contributed by atoms with Gasteiger partial charge in [-0.25, -0.2) is 0 Å². The van der Waals surface area contributed by atoms with E-state index in [2.05, 4.69) is 0 Å². The van der Waals surface area contributed by atoms with E-state index in [4.69, 9.17) is 4.74 Å². The summed E-state index contributed by atoms with van der Waals surface area (Å²) >= 11 is 0. The fraction of sp³-hybridized carbons (Fsp3) is 0.667. The van der Waals surface area contributed by atoms with Gasteiger partial charge in [0, 0.05) is 5.92 Å². The average molecular weight is 226 g/mol. The van der Waals surface area contributed by atoms with Crippen LogP contribution in [-0.2, 0) is 14.3 Å². The van der Waals surface area contributed by atoms with E-state index in [0.29, 0.717) is 0 Å². The van der Waals surface area contributed by atoms with Crippen molar-refractivity contribution < 1.29 is 19.4 Å². The third-order valence-corrected chi connectivity index (χ3v) is 3.14. The first kappa shape index (κ1) is 12.7. The highest BCUT2D eigenvalue weighted by molar-refractivity contribution is 5.99. The van der Waals surface area contributed by atoms with Gasteiger partial charge in [-0.05, 0) is 33.1 Å². The largest absolute Gasteiger partial charge is 0.480 e. The monoisotopic (exact) mass is 226 g/mol. The Hall–Kier alpha value is -1.32. The Kier molecular flexibility index (Phi) is 4.10. The third kappa shape index (κ3) is 2.26. The van der Waals surface area contributed by atoms with Gasteiger partial charge in [-0.15, -0.1) is 0 Å². The number of carboxylic acid groups (broad SMARTS) is 1. The predicted molar refractivity (Wildman–Crippen MR) is 58.9 cm³/mol. The molecule has 0 bridgehead atoms. The lowest BCUT2D eigenvalue weighted by Crippen LogP contribution is -2.44. The fourth-order valence-electron chi connectivity index (χ4n) is 1.97. The smallest absolute Gasteiger partial charge is 0.323 e. The maximum absolute atomic E-state index is 11.8. The van der Waals surface area contributed by atoms with Crippen LogP contribution in [0.5, 0.6) is 0 Å². The molecule has 1 N–H and O–H groups in total. The molecule has 1 rings (SSSR count). The van der Waals surface area contributed by atoms with Crippen molar-refractivity contribution in [3.63, 3.8) is 0 Å². The van der Waals surface area contributed by atoms with Crippen molar-refractivity contribution in [3.8, 4) is 0 Å². The molecule has 0 amide bonds. The van der Waals surface area contributed by atoms with E-state index in [1.165, 1.54) is 6.92 Å². The van der Waals surface area contributed by atoms with E-state index in [9.17, 15) is 14.7 Å². The van der Waals surface area contributed by atoms with Crippen LogP contribution in [0.15, 0.2) is 12.2 Å². The molecule has 0 radical (unpaired) electrons. The summed E-state index contributed by atoms with van der Waals surface area (Å²) in [6.45, 7) is 3.34. The van der Waals surface area contributed by atoms with Crippen LogP contribution in [0, 0.1) is 11.3 Å². The summed E-state index contributed by atoms with van der Waals surface area (Å²) in [5.74, 6) is -2.01. The maximum atomic E-state index is 11.8. The highest BCUT2D eigenvalue weighted by Crippen LogP contribution is 2.36. The zero-order chi connectivity index (χ0) is 12.2. The van der Waals surface area contributed by atoms with Gasteiger partial charge in [0.1, 0.15) is 0 Å². The normalized spacial score (nSPS) is 23.5. The fourth-order valence-corrected chi connectivity index (χ4v) is 1.97. The lowest BCUT2D eigenvalue weighted by Gasteiger charge is -2.31. The van der Waals surface area contributed by atoms with Crippen LogP contribution in [0.25, 0.3) is 0 Å². The van der Waals surface area contributed by atoms with E-state index in [-0.39, 0.29) is 12.5 Å².